The number of halogens is 2. The lowest BCUT2D eigenvalue weighted by atomic mass is 9.95. The summed E-state index contributed by atoms with van der Waals surface area (Å²) in [5, 5.41) is 8.45. The van der Waals surface area contributed by atoms with Crippen molar-refractivity contribution in [1.82, 2.24) is 25.1 Å². The van der Waals surface area contributed by atoms with Crippen molar-refractivity contribution in [2.24, 2.45) is 4.99 Å². The first-order valence-corrected chi connectivity index (χ1v) is 18.3. The summed E-state index contributed by atoms with van der Waals surface area (Å²) in [4.78, 5) is 58.3. The molecule has 0 bridgehead atoms. The number of ether oxygens (including phenoxy) is 2. The van der Waals surface area contributed by atoms with E-state index in [0.29, 0.717) is 65.7 Å². The third-order valence-corrected chi connectivity index (χ3v) is 11.0. The highest BCUT2D eigenvalue weighted by molar-refractivity contribution is 7.14. The summed E-state index contributed by atoms with van der Waals surface area (Å²) in [7, 11) is 1.30. The van der Waals surface area contributed by atoms with Crippen molar-refractivity contribution in [3.05, 3.63) is 92.1 Å². The molecule has 0 spiro atoms. The maximum atomic E-state index is 14.0. The summed E-state index contributed by atoms with van der Waals surface area (Å²) >= 11 is 9.30. The van der Waals surface area contributed by atoms with Crippen LogP contribution in [0.2, 0.25) is 5.02 Å². The second-order valence-corrected chi connectivity index (χ2v) is 14.4. The Morgan fingerprint density at radius 3 is 2.65 bits per heavy atom. The van der Waals surface area contributed by atoms with Gasteiger partial charge >= 0.3 is 12.0 Å². The first kappa shape index (κ1) is 34.7. The van der Waals surface area contributed by atoms with E-state index in [4.69, 9.17) is 31.1 Å². The van der Waals surface area contributed by atoms with Crippen molar-refractivity contribution in [2.75, 3.05) is 44.7 Å². The molecule has 0 unspecified atom stereocenters. The first-order valence-electron chi connectivity index (χ1n) is 16.1. The lowest BCUT2D eigenvalue weighted by Gasteiger charge is -2.38. The molecule has 0 radical (unpaired) electrons. The second-order valence-electron chi connectivity index (χ2n) is 12.3. The van der Waals surface area contributed by atoms with E-state index < -0.39 is 23.9 Å². The van der Waals surface area contributed by atoms with Crippen LogP contribution in [0.5, 0.6) is 5.75 Å². The van der Waals surface area contributed by atoms with Gasteiger partial charge in [0, 0.05) is 65.0 Å². The number of aliphatic imine (C=N–C) groups is 1. The lowest BCUT2D eigenvalue weighted by Crippen LogP contribution is -2.53. The standard InChI is InChI=1S/C35H33ClFN7O5S2/c1-19(45)20(2)49-24-7-4-21(5-8-24)28-18-51-34(40-28)44-16-23-15-42(11-12-43(23)35(44)47)17-27-29(33(46)48-3)30(25-9-6-22(37)14-26(25)36)41-31(39-27)32-38-10-13-50-32/h4-10,13-14,18,20,23,30H,11-12,15-17H2,1-3H3,(H,39,41)/t20-,23+,30+/m1/s1. The molecule has 2 fully saturated rings. The van der Waals surface area contributed by atoms with Gasteiger partial charge < -0.3 is 19.7 Å². The molecule has 3 aliphatic rings. The van der Waals surface area contributed by atoms with Gasteiger partial charge in [0.15, 0.2) is 27.9 Å². The number of amidine groups is 1. The van der Waals surface area contributed by atoms with Crippen LogP contribution >= 0.6 is 34.3 Å². The number of carbonyl (C=O) groups is 3. The summed E-state index contributed by atoms with van der Waals surface area (Å²) < 4.78 is 24.9. The molecule has 16 heteroatoms. The van der Waals surface area contributed by atoms with Crippen LogP contribution in [0.15, 0.2) is 75.7 Å². The van der Waals surface area contributed by atoms with Crippen LogP contribution in [0.4, 0.5) is 14.3 Å². The van der Waals surface area contributed by atoms with Crippen molar-refractivity contribution >= 4 is 63.0 Å². The number of rotatable bonds is 10. The number of carbonyl (C=O) groups excluding carboxylic acids is 3. The van der Waals surface area contributed by atoms with Crippen LogP contribution in [0, 0.1) is 5.82 Å². The third kappa shape index (κ3) is 7.11. The van der Waals surface area contributed by atoms with E-state index >= 15 is 0 Å². The molecular weight excluding hydrogens is 717 g/mol. The van der Waals surface area contributed by atoms with Crippen LogP contribution in [0.1, 0.15) is 30.5 Å². The van der Waals surface area contributed by atoms with Gasteiger partial charge in [0.1, 0.15) is 17.6 Å². The molecule has 51 heavy (non-hydrogen) atoms. The summed E-state index contributed by atoms with van der Waals surface area (Å²) in [6.07, 6.45) is 1.13. The fraction of sp³-hybridized carbons (Fsp3) is 0.314. The number of aromatic nitrogens is 2. The van der Waals surface area contributed by atoms with E-state index in [-0.39, 0.29) is 28.5 Å². The number of esters is 1. The highest BCUT2D eigenvalue weighted by Gasteiger charge is 2.43. The third-order valence-electron chi connectivity index (χ3n) is 9.00. The summed E-state index contributed by atoms with van der Waals surface area (Å²) in [6, 6.07) is 10.3. The zero-order valence-electron chi connectivity index (χ0n) is 27.8. The number of ketones is 1. The molecule has 1 N–H and O–H groups in total. The normalized spacial score (nSPS) is 19.8. The van der Waals surface area contributed by atoms with Crippen LogP contribution in [-0.2, 0) is 14.3 Å². The van der Waals surface area contributed by atoms with Gasteiger partial charge in [-0.2, -0.15) is 0 Å². The zero-order chi connectivity index (χ0) is 35.8. The van der Waals surface area contributed by atoms with Gasteiger partial charge in [-0.25, -0.2) is 23.9 Å². The van der Waals surface area contributed by atoms with E-state index in [1.54, 1.807) is 30.2 Å². The van der Waals surface area contributed by atoms with Gasteiger partial charge in [-0.3, -0.25) is 19.6 Å². The average molecular weight is 750 g/mol. The molecule has 264 valence electrons. The largest absolute Gasteiger partial charge is 0.483 e. The SMILES string of the molecule is COC(=O)C1=C(CN2CCN3C(=O)N(c4nc(-c5ccc(O[C@H](C)C(C)=O)cc5)cs4)C[C@@H]3C2)NC(c2nccs2)=N[C@H]1c1ccc(F)cc1Cl. The Hall–Kier alpha value is -4.70. The number of thiazole rings is 2. The Morgan fingerprint density at radius 1 is 1.14 bits per heavy atom. The number of hydrogen-bond donors (Lipinski definition) is 1. The molecule has 7 rings (SSSR count). The average Bonchev–Trinajstić information content (AvgIpc) is 3.89. The van der Waals surface area contributed by atoms with Gasteiger partial charge in [0.2, 0.25) is 0 Å². The van der Waals surface area contributed by atoms with Crippen LogP contribution in [-0.4, -0.2) is 95.4 Å². The number of anilines is 1. The Balaban J connectivity index is 1.09. The van der Waals surface area contributed by atoms with Gasteiger partial charge in [-0.1, -0.05) is 17.7 Å². The molecule has 4 aromatic rings. The van der Waals surface area contributed by atoms with Gasteiger partial charge in [-0.15, -0.1) is 22.7 Å². The van der Waals surface area contributed by atoms with E-state index in [0.717, 1.165) is 11.3 Å². The number of urea groups is 1. The molecule has 2 aromatic heterocycles. The molecule has 12 nitrogen and oxygen atoms in total. The Kier molecular flexibility index (Phi) is 9.88. The molecule has 2 aromatic carbocycles. The molecule has 3 atom stereocenters. The van der Waals surface area contributed by atoms with Crippen molar-refractivity contribution in [3.8, 4) is 17.0 Å². The molecule has 3 aliphatic heterocycles. The van der Waals surface area contributed by atoms with Crippen molar-refractivity contribution in [3.63, 3.8) is 0 Å². The van der Waals surface area contributed by atoms with Crippen LogP contribution in [0.3, 0.4) is 0 Å². The van der Waals surface area contributed by atoms with Crippen molar-refractivity contribution < 1.29 is 28.2 Å². The van der Waals surface area contributed by atoms with Crippen LogP contribution in [0.25, 0.3) is 11.3 Å². The minimum absolute atomic E-state index is 0.0530. The zero-order valence-corrected chi connectivity index (χ0v) is 30.2. The molecule has 2 saturated heterocycles. The first-order chi connectivity index (χ1) is 24.6. The Morgan fingerprint density at radius 2 is 1.94 bits per heavy atom. The minimum Gasteiger partial charge on any atom is -0.483 e. The predicted molar refractivity (Wildman–Crippen MR) is 193 cm³/mol. The summed E-state index contributed by atoms with van der Waals surface area (Å²) in [5.74, 6) is -0.0852. The van der Waals surface area contributed by atoms with Gasteiger partial charge in [0.25, 0.3) is 0 Å². The minimum atomic E-state index is -0.863. The molecular formula is C35H33ClFN7O5S2. The second kappa shape index (κ2) is 14.5. The monoisotopic (exact) mass is 749 g/mol. The number of amides is 2. The fourth-order valence-corrected chi connectivity index (χ4v) is 7.97. The van der Waals surface area contributed by atoms with E-state index in [1.807, 2.05) is 27.8 Å². The summed E-state index contributed by atoms with van der Waals surface area (Å²) in [6.45, 7) is 5.57. The summed E-state index contributed by atoms with van der Waals surface area (Å²) in [5.41, 5.74) is 2.90. The van der Waals surface area contributed by atoms with E-state index in [1.165, 1.54) is 54.9 Å². The number of Topliss-reactive ketones (excluding diaryl/α,β-unsaturated/α-hetero) is 1. The van der Waals surface area contributed by atoms with Crippen molar-refractivity contribution in [2.45, 2.75) is 32.0 Å². The number of piperazine rings is 1. The fourth-order valence-electron chi connectivity index (χ4n) is 6.28. The topological polar surface area (TPSA) is 130 Å². The predicted octanol–water partition coefficient (Wildman–Crippen LogP) is 5.56. The quantitative estimate of drug-likeness (QED) is 0.207. The highest BCUT2D eigenvalue weighted by Crippen LogP contribution is 2.38. The number of nitrogens with zero attached hydrogens (tertiary/aromatic N) is 6. The molecule has 5 heterocycles. The number of hydrogen-bond acceptors (Lipinski definition) is 12. The molecule has 2 amide bonds. The van der Waals surface area contributed by atoms with E-state index in [9.17, 15) is 18.8 Å². The smallest absolute Gasteiger partial charge is 0.338 e. The number of benzene rings is 2. The number of fused-ring (bicyclic) bond motifs is 1. The number of nitrogens with one attached hydrogen (secondary N) is 1. The molecule has 0 saturated carbocycles. The number of methoxy groups -OCH3 is 1. The highest BCUT2D eigenvalue weighted by atomic mass is 35.5. The van der Waals surface area contributed by atoms with Gasteiger partial charge in [0.05, 0.1) is 31.0 Å². The van der Waals surface area contributed by atoms with Gasteiger partial charge in [-0.05, 0) is 50.2 Å². The Labute approximate surface area is 306 Å². The van der Waals surface area contributed by atoms with Crippen LogP contribution < -0.4 is 15.0 Å². The lowest BCUT2D eigenvalue weighted by molar-refractivity contribution is -0.136. The maximum Gasteiger partial charge on any atom is 0.338 e. The maximum absolute atomic E-state index is 14.0. The molecule has 0 aliphatic carbocycles. The Bertz CT molecular complexity index is 2040. The van der Waals surface area contributed by atoms with Crippen molar-refractivity contribution in [1.29, 1.82) is 0 Å². The van der Waals surface area contributed by atoms with E-state index in [2.05, 4.69) is 15.2 Å².